The number of hydrogen-bond acceptors (Lipinski definition) is 0. The Morgan fingerprint density at radius 2 is 1.67 bits per heavy atom. The molecule has 72 valence electrons. The van der Waals surface area contributed by atoms with Crippen molar-refractivity contribution < 1.29 is 0 Å². The predicted octanol–water partition coefficient (Wildman–Crippen LogP) is 5.19. The first-order chi connectivity index (χ1) is 5.65. The van der Waals surface area contributed by atoms with Gasteiger partial charge in [0.05, 0.1) is 4.43 Å². The standard InChI is InChI=1S/C7H11I.CHI3/c1-2-3-4-5-6-7-8;2-1(3)4/h2-4,7H2,1H3;1H. The van der Waals surface area contributed by atoms with E-state index < -0.39 is 0 Å². The maximum Gasteiger partial charge on any atom is 0.114 e. The van der Waals surface area contributed by atoms with Crippen LogP contribution in [0, 0.1) is 11.8 Å². The molecular formula is C8H12I4. The highest BCUT2D eigenvalue weighted by molar-refractivity contribution is 14.3. The van der Waals surface area contributed by atoms with Crippen molar-refractivity contribution in [1.82, 2.24) is 0 Å². The van der Waals surface area contributed by atoms with Gasteiger partial charge in [-0.1, -0.05) is 110 Å². The summed E-state index contributed by atoms with van der Waals surface area (Å²) in [6, 6.07) is 0. The lowest BCUT2D eigenvalue weighted by atomic mass is 10.3. The molecule has 0 bridgehead atoms. The normalized spacial score (nSPS) is 8.17. The predicted molar refractivity (Wildman–Crippen MR) is 92.0 cm³/mol. The Balaban J connectivity index is 0. The summed E-state index contributed by atoms with van der Waals surface area (Å²) in [7, 11) is 0. The molecule has 0 unspecified atom stereocenters. The molecule has 0 aliphatic rings. The van der Waals surface area contributed by atoms with Crippen LogP contribution in [0.1, 0.15) is 26.2 Å². The largest absolute Gasteiger partial charge is 0.114 e. The summed E-state index contributed by atoms with van der Waals surface area (Å²) in [6.45, 7) is 2.19. The number of hydrogen-bond donors (Lipinski definition) is 0. The van der Waals surface area contributed by atoms with Crippen LogP contribution in [0.5, 0.6) is 0 Å². The lowest BCUT2D eigenvalue weighted by Gasteiger charge is -1.81. The first kappa shape index (κ1) is 16.9. The molecular weight excluding hydrogens is 604 g/mol. The van der Waals surface area contributed by atoms with Gasteiger partial charge in [-0.15, -0.1) is 5.92 Å². The van der Waals surface area contributed by atoms with Crippen molar-refractivity contribution in [2.45, 2.75) is 26.1 Å². The third-order valence-electron chi connectivity index (χ3n) is 0.847. The van der Waals surface area contributed by atoms with E-state index in [1.807, 2.05) is 0 Å². The van der Waals surface area contributed by atoms with Gasteiger partial charge in [0.1, 0.15) is -0.0619 Å². The van der Waals surface area contributed by atoms with E-state index in [9.17, 15) is 0 Å². The van der Waals surface area contributed by atoms with Crippen molar-refractivity contribution >= 4 is 90.4 Å². The number of alkyl halides is 4. The van der Waals surface area contributed by atoms with Crippen LogP contribution in [0.2, 0.25) is 0 Å². The molecule has 12 heavy (non-hydrogen) atoms. The Hall–Kier alpha value is 2.48. The quantitative estimate of drug-likeness (QED) is 0.174. The van der Waals surface area contributed by atoms with Gasteiger partial charge in [0.15, 0.2) is 0 Å². The van der Waals surface area contributed by atoms with Gasteiger partial charge in [-0.3, -0.25) is 0 Å². The number of rotatable bonds is 2. The van der Waals surface area contributed by atoms with Gasteiger partial charge in [-0.2, -0.15) is 0 Å². The lowest BCUT2D eigenvalue weighted by Crippen LogP contribution is -1.66. The molecule has 0 saturated carbocycles. The minimum atomic E-state index is 0.743. The topological polar surface area (TPSA) is 0 Å². The lowest BCUT2D eigenvalue weighted by molar-refractivity contribution is 0.828. The third kappa shape index (κ3) is 29.4. The average molecular weight is 616 g/mol. The van der Waals surface area contributed by atoms with Crippen molar-refractivity contribution in [3.8, 4) is 11.8 Å². The van der Waals surface area contributed by atoms with Crippen molar-refractivity contribution in [3.05, 3.63) is 0 Å². The summed E-state index contributed by atoms with van der Waals surface area (Å²) in [5.41, 5.74) is 0. The Labute approximate surface area is 130 Å². The molecule has 0 fully saturated rings. The highest BCUT2D eigenvalue weighted by Gasteiger charge is 1.76. The summed E-state index contributed by atoms with van der Waals surface area (Å²) < 4.78 is 1.72. The number of unbranched alkanes of at least 4 members (excludes halogenated alkanes) is 2. The fraction of sp³-hybridized carbons (Fsp3) is 0.750. The van der Waals surface area contributed by atoms with Gasteiger partial charge in [0, 0.05) is 6.42 Å². The van der Waals surface area contributed by atoms with Crippen molar-refractivity contribution in [2.75, 3.05) is 4.43 Å². The Morgan fingerprint density at radius 3 is 2.00 bits per heavy atom. The monoisotopic (exact) mass is 616 g/mol. The molecule has 0 aromatic carbocycles. The van der Waals surface area contributed by atoms with E-state index in [0.717, 1.165) is 10.8 Å². The van der Waals surface area contributed by atoms with Crippen molar-refractivity contribution in [3.63, 3.8) is 0 Å². The zero-order valence-electron chi connectivity index (χ0n) is 6.92. The highest BCUT2D eigenvalue weighted by atomic mass is 127. The fourth-order valence-corrected chi connectivity index (χ4v) is 0.670. The van der Waals surface area contributed by atoms with Crippen LogP contribution in [0.25, 0.3) is 0 Å². The van der Waals surface area contributed by atoms with Crippen LogP contribution >= 0.6 is 90.4 Å². The number of halogens is 4. The summed E-state index contributed by atoms with van der Waals surface area (Å²) in [4.78, 5) is 0. The second-order valence-electron chi connectivity index (χ2n) is 1.84. The molecule has 4 heteroatoms. The molecule has 0 radical (unpaired) electrons. The molecule has 0 rings (SSSR count). The van der Waals surface area contributed by atoms with Crippen LogP contribution in [0.15, 0.2) is 0 Å². The fourth-order valence-electron chi connectivity index (χ4n) is 0.401. The van der Waals surface area contributed by atoms with Gasteiger partial charge in [-0.25, -0.2) is 0 Å². The van der Waals surface area contributed by atoms with E-state index in [1.165, 1.54) is 12.8 Å². The summed E-state index contributed by atoms with van der Waals surface area (Å²) in [5.74, 6) is 6.10. The van der Waals surface area contributed by atoms with E-state index in [2.05, 4.69) is 109 Å². The van der Waals surface area contributed by atoms with Gasteiger partial charge >= 0.3 is 0 Å². The molecule has 0 aromatic heterocycles. The molecule has 0 spiro atoms. The highest BCUT2D eigenvalue weighted by Crippen LogP contribution is 2.16. The van der Waals surface area contributed by atoms with Crippen molar-refractivity contribution in [1.29, 1.82) is 0 Å². The minimum Gasteiger partial charge on any atom is -0.103 e. The first-order valence-corrected chi connectivity index (χ1v) is 8.85. The zero-order valence-corrected chi connectivity index (χ0v) is 15.5. The van der Waals surface area contributed by atoms with E-state index in [0.29, 0.717) is 0 Å². The molecule has 0 aliphatic heterocycles. The van der Waals surface area contributed by atoms with Crippen LogP contribution < -0.4 is 0 Å². The molecule has 0 aliphatic carbocycles. The Bertz CT molecular complexity index is 120. The zero-order chi connectivity index (χ0) is 9.82. The van der Waals surface area contributed by atoms with Crippen LogP contribution in [0.3, 0.4) is 0 Å². The summed E-state index contributed by atoms with van der Waals surface area (Å²) >= 11 is 9.22. The molecule has 0 amide bonds. The van der Waals surface area contributed by atoms with Gasteiger partial charge in [0.2, 0.25) is 0 Å². The molecule has 0 N–H and O–H groups in total. The SMILES string of the molecule is CCCCC#CCI.IC(I)I. The minimum absolute atomic E-state index is 0.743. The average Bonchev–Trinajstić information content (AvgIpc) is 1.97. The summed E-state index contributed by atoms with van der Waals surface area (Å²) in [6.07, 6.45) is 3.60. The van der Waals surface area contributed by atoms with E-state index in [4.69, 9.17) is 0 Å². The molecule has 0 saturated heterocycles. The van der Waals surface area contributed by atoms with Crippen LogP contribution in [0.4, 0.5) is 0 Å². The maximum atomic E-state index is 3.08. The van der Waals surface area contributed by atoms with Crippen LogP contribution in [-0.4, -0.2) is 4.37 Å². The molecule has 0 atom stereocenters. The maximum absolute atomic E-state index is 3.08. The van der Waals surface area contributed by atoms with E-state index in [1.54, 1.807) is 0 Å². The van der Waals surface area contributed by atoms with E-state index >= 15 is 0 Å². The molecule has 0 nitrogen and oxygen atoms in total. The van der Waals surface area contributed by atoms with E-state index in [-0.39, 0.29) is 0 Å². The third-order valence-corrected chi connectivity index (χ3v) is 1.23. The van der Waals surface area contributed by atoms with Gasteiger partial charge < -0.3 is 0 Å². The van der Waals surface area contributed by atoms with Crippen LogP contribution in [-0.2, 0) is 0 Å². The second kappa shape index (κ2) is 15.9. The summed E-state index contributed by atoms with van der Waals surface area (Å²) in [5, 5.41) is 0. The Morgan fingerprint density at radius 1 is 1.17 bits per heavy atom. The van der Waals surface area contributed by atoms with Gasteiger partial charge in [0.25, 0.3) is 0 Å². The Kier molecular flexibility index (Phi) is 22.4. The molecule has 0 heterocycles. The first-order valence-electron chi connectivity index (χ1n) is 3.59. The smallest absolute Gasteiger partial charge is 0.103 e. The molecule has 0 aromatic rings. The van der Waals surface area contributed by atoms with Gasteiger partial charge in [-0.05, 0) is 6.42 Å². The second-order valence-corrected chi connectivity index (χ2v) is 13.5. The van der Waals surface area contributed by atoms with Crippen molar-refractivity contribution in [2.24, 2.45) is 0 Å².